The first-order valence-corrected chi connectivity index (χ1v) is 10.7. The lowest BCUT2D eigenvalue weighted by Crippen LogP contribution is -2.44. The molecule has 1 amide bonds. The van der Waals surface area contributed by atoms with Crippen LogP contribution in [-0.4, -0.2) is 26.9 Å². The standard InChI is InChI=1S/C26H25N5O2/c1-18(22-9-5-6-12-28-22)30-23(15-19-7-3-2-4-8-19)26(33)31-24-16-21(17-29-25(24)32)20-10-13-27-14-11-20/h2-14,16-18,23,30H,15H2,1H3,(H,29,32)(H,31,33)/t18-,23-/m0/s1. The van der Waals surface area contributed by atoms with Gasteiger partial charge in [-0.15, -0.1) is 0 Å². The Hall–Kier alpha value is -4.10. The number of carbonyl (C=O) groups is 1. The Labute approximate surface area is 192 Å². The highest BCUT2D eigenvalue weighted by Crippen LogP contribution is 2.19. The number of aromatic nitrogens is 3. The predicted octanol–water partition coefficient (Wildman–Crippen LogP) is 3.73. The van der Waals surface area contributed by atoms with Gasteiger partial charge in [0.05, 0.1) is 11.7 Å². The lowest BCUT2D eigenvalue weighted by molar-refractivity contribution is -0.118. The SMILES string of the molecule is C[C@H](N[C@@H](Cc1ccccc1)C(=O)Nc1cc(-c2ccncc2)c[nH]c1=O)c1ccccn1. The molecule has 0 unspecified atom stereocenters. The minimum absolute atomic E-state index is 0.160. The molecule has 0 bridgehead atoms. The van der Waals surface area contributed by atoms with Crippen molar-refractivity contribution < 1.29 is 4.79 Å². The highest BCUT2D eigenvalue weighted by molar-refractivity contribution is 5.95. The van der Waals surface area contributed by atoms with Gasteiger partial charge in [-0.05, 0) is 54.8 Å². The molecule has 7 nitrogen and oxygen atoms in total. The first-order chi connectivity index (χ1) is 16.1. The summed E-state index contributed by atoms with van der Waals surface area (Å²) in [7, 11) is 0. The van der Waals surface area contributed by atoms with Crippen molar-refractivity contribution in [2.75, 3.05) is 5.32 Å². The average Bonchev–Trinajstić information content (AvgIpc) is 2.86. The van der Waals surface area contributed by atoms with Gasteiger partial charge in [-0.2, -0.15) is 0 Å². The summed E-state index contributed by atoms with van der Waals surface area (Å²) in [4.78, 5) is 36.9. The molecular formula is C26H25N5O2. The highest BCUT2D eigenvalue weighted by Gasteiger charge is 2.23. The van der Waals surface area contributed by atoms with Crippen LogP contribution in [0.25, 0.3) is 11.1 Å². The molecular weight excluding hydrogens is 414 g/mol. The molecule has 2 atom stereocenters. The van der Waals surface area contributed by atoms with Gasteiger partial charge in [0, 0.05) is 36.4 Å². The number of anilines is 1. The molecule has 0 spiro atoms. The van der Waals surface area contributed by atoms with Crippen LogP contribution in [0.2, 0.25) is 0 Å². The van der Waals surface area contributed by atoms with Gasteiger partial charge in [0.1, 0.15) is 5.69 Å². The summed E-state index contributed by atoms with van der Waals surface area (Å²) in [6, 6.07) is 20.1. The molecule has 0 fully saturated rings. The van der Waals surface area contributed by atoms with Gasteiger partial charge in [0.2, 0.25) is 5.91 Å². The highest BCUT2D eigenvalue weighted by atomic mass is 16.2. The molecule has 4 aromatic rings. The summed E-state index contributed by atoms with van der Waals surface area (Å²) in [6.45, 7) is 1.96. The van der Waals surface area contributed by atoms with E-state index in [0.717, 1.165) is 22.4 Å². The van der Waals surface area contributed by atoms with Crippen LogP contribution in [0.4, 0.5) is 5.69 Å². The molecule has 33 heavy (non-hydrogen) atoms. The molecule has 0 radical (unpaired) electrons. The molecule has 3 heterocycles. The van der Waals surface area contributed by atoms with E-state index >= 15 is 0 Å². The molecule has 166 valence electrons. The molecule has 0 aliphatic heterocycles. The number of nitrogens with zero attached hydrogens (tertiary/aromatic N) is 2. The monoisotopic (exact) mass is 439 g/mol. The first-order valence-electron chi connectivity index (χ1n) is 10.7. The zero-order valence-corrected chi connectivity index (χ0v) is 18.2. The van der Waals surface area contributed by atoms with Crippen LogP contribution >= 0.6 is 0 Å². The summed E-state index contributed by atoms with van der Waals surface area (Å²) in [5.41, 5.74) is 3.34. The van der Waals surface area contributed by atoms with Crippen LogP contribution in [0.1, 0.15) is 24.2 Å². The van der Waals surface area contributed by atoms with Crippen molar-refractivity contribution in [2.24, 2.45) is 0 Å². The van der Waals surface area contributed by atoms with Crippen molar-refractivity contribution in [2.45, 2.75) is 25.4 Å². The lowest BCUT2D eigenvalue weighted by atomic mass is 10.0. The summed E-state index contributed by atoms with van der Waals surface area (Å²) in [5, 5.41) is 6.19. The van der Waals surface area contributed by atoms with Crippen LogP contribution in [0, 0.1) is 0 Å². The molecule has 3 aromatic heterocycles. The number of aromatic amines is 1. The Morgan fingerprint density at radius 1 is 0.970 bits per heavy atom. The number of hydrogen-bond donors (Lipinski definition) is 3. The van der Waals surface area contributed by atoms with Crippen molar-refractivity contribution in [3.8, 4) is 11.1 Å². The Bertz CT molecular complexity index is 1240. The van der Waals surface area contributed by atoms with E-state index in [1.54, 1.807) is 30.9 Å². The number of nitrogens with one attached hydrogen (secondary N) is 3. The largest absolute Gasteiger partial charge is 0.327 e. The fourth-order valence-electron chi connectivity index (χ4n) is 3.60. The van der Waals surface area contributed by atoms with E-state index in [1.807, 2.05) is 67.6 Å². The van der Waals surface area contributed by atoms with Gasteiger partial charge in [0.15, 0.2) is 0 Å². The smallest absolute Gasteiger partial charge is 0.271 e. The van der Waals surface area contributed by atoms with Gasteiger partial charge < -0.3 is 10.3 Å². The van der Waals surface area contributed by atoms with Crippen LogP contribution < -0.4 is 16.2 Å². The lowest BCUT2D eigenvalue weighted by Gasteiger charge is -2.23. The van der Waals surface area contributed by atoms with E-state index in [4.69, 9.17) is 0 Å². The average molecular weight is 440 g/mol. The number of benzene rings is 1. The van der Waals surface area contributed by atoms with Crippen LogP contribution in [0.3, 0.4) is 0 Å². The summed E-state index contributed by atoms with van der Waals surface area (Å²) in [6.07, 6.45) is 7.17. The van der Waals surface area contributed by atoms with Crippen molar-refractivity contribution in [3.63, 3.8) is 0 Å². The van der Waals surface area contributed by atoms with Gasteiger partial charge in [0.25, 0.3) is 5.56 Å². The number of H-pyrrole nitrogens is 1. The van der Waals surface area contributed by atoms with E-state index in [2.05, 4.69) is 25.6 Å². The molecule has 0 saturated carbocycles. The molecule has 7 heteroatoms. The fraction of sp³-hybridized carbons (Fsp3) is 0.154. The van der Waals surface area contributed by atoms with Crippen molar-refractivity contribution >= 4 is 11.6 Å². The molecule has 3 N–H and O–H groups in total. The number of rotatable bonds is 8. The summed E-state index contributed by atoms with van der Waals surface area (Å²) < 4.78 is 0. The van der Waals surface area contributed by atoms with Crippen molar-refractivity contribution in [3.05, 3.63) is 113 Å². The second-order valence-corrected chi connectivity index (χ2v) is 7.74. The quantitative estimate of drug-likeness (QED) is 0.388. The van der Waals surface area contributed by atoms with Gasteiger partial charge >= 0.3 is 0 Å². The van der Waals surface area contributed by atoms with Crippen LogP contribution in [0.5, 0.6) is 0 Å². The Kier molecular flexibility index (Phi) is 7.02. The Morgan fingerprint density at radius 3 is 2.45 bits per heavy atom. The zero-order chi connectivity index (χ0) is 23.0. The molecule has 1 aromatic carbocycles. The second-order valence-electron chi connectivity index (χ2n) is 7.74. The fourth-order valence-corrected chi connectivity index (χ4v) is 3.60. The Morgan fingerprint density at radius 2 is 1.73 bits per heavy atom. The molecule has 0 aliphatic carbocycles. The van der Waals surface area contributed by atoms with E-state index in [-0.39, 0.29) is 23.2 Å². The van der Waals surface area contributed by atoms with E-state index in [9.17, 15) is 9.59 Å². The van der Waals surface area contributed by atoms with Crippen molar-refractivity contribution in [1.82, 2.24) is 20.3 Å². The molecule has 0 aliphatic rings. The Balaban J connectivity index is 1.57. The third-order valence-electron chi connectivity index (χ3n) is 5.36. The van der Waals surface area contributed by atoms with Gasteiger partial charge in [-0.25, -0.2) is 0 Å². The van der Waals surface area contributed by atoms with Crippen LogP contribution in [-0.2, 0) is 11.2 Å². The van der Waals surface area contributed by atoms with E-state index in [0.29, 0.717) is 6.42 Å². The minimum atomic E-state index is -0.576. The number of hydrogen-bond acceptors (Lipinski definition) is 5. The zero-order valence-electron chi connectivity index (χ0n) is 18.2. The van der Waals surface area contributed by atoms with Gasteiger partial charge in [-0.1, -0.05) is 36.4 Å². The third kappa shape index (κ3) is 5.78. The predicted molar refractivity (Wildman–Crippen MR) is 129 cm³/mol. The maximum Gasteiger partial charge on any atom is 0.271 e. The van der Waals surface area contributed by atoms with Gasteiger partial charge in [-0.3, -0.25) is 24.9 Å². The maximum absolute atomic E-state index is 13.3. The van der Waals surface area contributed by atoms with E-state index in [1.165, 1.54) is 0 Å². The topological polar surface area (TPSA) is 99.8 Å². The number of carbonyl (C=O) groups excluding carboxylic acids is 1. The van der Waals surface area contributed by atoms with Crippen LogP contribution in [0.15, 0.2) is 96.3 Å². The van der Waals surface area contributed by atoms with E-state index < -0.39 is 6.04 Å². The number of pyridine rings is 3. The second kappa shape index (κ2) is 10.5. The maximum atomic E-state index is 13.3. The summed E-state index contributed by atoms with van der Waals surface area (Å²) in [5.74, 6) is -0.293. The summed E-state index contributed by atoms with van der Waals surface area (Å²) >= 11 is 0. The van der Waals surface area contributed by atoms with Crippen molar-refractivity contribution in [1.29, 1.82) is 0 Å². The minimum Gasteiger partial charge on any atom is -0.327 e. The normalized spacial score (nSPS) is 12.6. The third-order valence-corrected chi connectivity index (χ3v) is 5.36. The number of amides is 1. The first kappa shape index (κ1) is 22.1. The molecule has 0 saturated heterocycles. The molecule has 4 rings (SSSR count).